The zero-order valence-electron chi connectivity index (χ0n) is 17.9. The SMILES string of the molecule is CC(CCc1ccccc1)NCc1c(OCc2cccc(Cl)c2)ccc2ccccc12. The molecule has 1 atom stereocenters. The molecular formula is C28H28ClNO. The fourth-order valence-electron chi connectivity index (χ4n) is 3.83. The van der Waals surface area contributed by atoms with Crippen LogP contribution in [0.25, 0.3) is 10.8 Å². The van der Waals surface area contributed by atoms with Crippen molar-refractivity contribution in [3.8, 4) is 5.75 Å². The zero-order chi connectivity index (χ0) is 21.5. The summed E-state index contributed by atoms with van der Waals surface area (Å²) in [5, 5.41) is 6.90. The van der Waals surface area contributed by atoms with Gasteiger partial charge in [-0.3, -0.25) is 0 Å². The van der Waals surface area contributed by atoms with Crippen molar-refractivity contribution in [3.63, 3.8) is 0 Å². The molecule has 0 saturated heterocycles. The molecular weight excluding hydrogens is 402 g/mol. The number of fused-ring (bicyclic) bond motifs is 1. The van der Waals surface area contributed by atoms with Gasteiger partial charge in [0.25, 0.3) is 0 Å². The van der Waals surface area contributed by atoms with E-state index in [1.165, 1.54) is 21.9 Å². The second-order valence-electron chi connectivity index (χ2n) is 7.99. The molecule has 31 heavy (non-hydrogen) atoms. The van der Waals surface area contributed by atoms with Crippen molar-refractivity contribution in [2.75, 3.05) is 0 Å². The summed E-state index contributed by atoms with van der Waals surface area (Å²) in [6.45, 7) is 3.51. The van der Waals surface area contributed by atoms with E-state index in [-0.39, 0.29) is 0 Å². The smallest absolute Gasteiger partial charge is 0.124 e. The summed E-state index contributed by atoms with van der Waals surface area (Å²) >= 11 is 6.13. The second-order valence-corrected chi connectivity index (χ2v) is 8.42. The van der Waals surface area contributed by atoms with Crippen LogP contribution in [0.15, 0.2) is 91.0 Å². The van der Waals surface area contributed by atoms with Crippen LogP contribution < -0.4 is 10.1 Å². The lowest BCUT2D eigenvalue weighted by atomic mass is 10.0. The maximum absolute atomic E-state index is 6.25. The van der Waals surface area contributed by atoms with Crippen LogP contribution in [0, 0.1) is 0 Å². The standard InChI is InChI=1S/C28H28ClNO/c1-21(14-15-22-8-3-2-4-9-22)30-19-27-26-13-6-5-11-24(26)16-17-28(27)31-20-23-10-7-12-25(29)18-23/h2-13,16-18,21,30H,14-15,19-20H2,1H3. The Balaban J connectivity index is 1.47. The molecule has 0 aliphatic carbocycles. The molecule has 4 rings (SSSR count). The molecule has 0 aliphatic heterocycles. The van der Waals surface area contributed by atoms with Gasteiger partial charge in [-0.15, -0.1) is 0 Å². The molecule has 4 aromatic rings. The number of aryl methyl sites for hydroxylation is 1. The van der Waals surface area contributed by atoms with Crippen molar-refractivity contribution < 1.29 is 4.74 Å². The van der Waals surface area contributed by atoms with Crippen LogP contribution in [0.4, 0.5) is 0 Å². The maximum Gasteiger partial charge on any atom is 0.124 e. The molecule has 1 N–H and O–H groups in total. The van der Waals surface area contributed by atoms with Gasteiger partial charge in [0.05, 0.1) is 0 Å². The van der Waals surface area contributed by atoms with E-state index in [9.17, 15) is 0 Å². The molecule has 158 valence electrons. The minimum Gasteiger partial charge on any atom is -0.489 e. The summed E-state index contributed by atoms with van der Waals surface area (Å²) < 4.78 is 6.25. The first-order valence-electron chi connectivity index (χ1n) is 10.8. The Hall–Kier alpha value is -2.81. The Bertz CT molecular complexity index is 1130. The number of benzene rings is 4. The third-order valence-electron chi connectivity index (χ3n) is 5.62. The normalized spacial score (nSPS) is 12.1. The van der Waals surface area contributed by atoms with Crippen LogP contribution in [0.2, 0.25) is 5.02 Å². The fraction of sp³-hybridized carbons (Fsp3) is 0.214. The monoisotopic (exact) mass is 429 g/mol. The summed E-state index contributed by atoms with van der Waals surface area (Å²) in [6, 6.07) is 31.6. The van der Waals surface area contributed by atoms with Gasteiger partial charge in [-0.1, -0.05) is 84.4 Å². The van der Waals surface area contributed by atoms with Gasteiger partial charge in [-0.25, -0.2) is 0 Å². The molecule has 0 aliphatic rings. The summed E-state index contributed by atoms with van der Waals surface area (Å²) in [7, 11) is 0. The van der Waals surface area contributed by atoms with E-state index in [0.29, 0.717) is 12.6 Å². The number of hydrogen-bond donors (Lipinski definition) is 1. The summed E-state index contributed by atoms with van der Waals surface area (Å²) in [5.41, 5.74) is 3.65. The highest BCUT2D eigenvalue weighted by molar-refractivity contribution is 6.30. The minimum atomic E-state index is 0.403. The first-order valence-corrected chi connectivity index (χ1v) is 11.2. The second kappa shape index (κ2) is 10.5. The molecule has 0 fully saturated rings. The lowest BCUT2D eigenvalue weighted by Crippen LogP contribution is -2.26. The quantitative estimate of drug-likeness (QED) is 0.304. The van der Waals surface area contributed by atoms with E-state index in [1.807, 2.05) is 24.3 Å². The predicted molar refractivity (Wildman–Crippen MR) is 131 cm³/mol. The highest BCUT2D eigenvalue weighted by Crippen LogP contribution is 2.29. The molecule has 0 spiro atoms. The summed E-state index contributed by atoms with van der Waals surface area (Å²) in [6.07, 6.45) is 2.16. The largest absolute Gasteiger partial charge is 0.489 e. The number of nitrogens with one attached hydrogen (secondary N) is 1. The molecule has 1 unspecified atom stereocenters. The van der Waals surface area contributed by atoms with E-state index in [1.54, 1.807) is 0 Å². The molecule has 0 amide bonds. The molecule has 0 heterocycles. The number of ether oxygens (including phenoxy) is 1. The van der Waals surface area contributed by atoms with Crippen LogP contribution in [-0.4, -0.2) is 6.04 Å². The lowest BCUT2D eigenvalue weighted by Gasteiger charge is -2.18. The van der Waals surface area contributed by atoms with Gasteiger partial charge in [-0.05, 0) is 59.9 Å². The molecule has 0 aromatic heterocycles. The Morgan fingerprint density at radius 2 is 1.61 bits per heavy atom. The van der Waals surface area contributed by atoms with Crippen molar-refractivity contribution in [2.45, 2.75) is 39.0 Å². The van der Waals surface area contributed by atoms with Gasteiger partial charge < -0.3 is 10.1 Å². The minimum absolute atomic E-state index is 0.403. The molecule has 2 nitrogen and oxygen atoms in total. The first-order chi connectivity index (χ1) is 15.2. The molecule has 4 aromatic carbocycles. The first kappa shape index (κ1) is 21.4. The van der Waals surface area contributed by atoms with Gasteiger partial charge >= 0.3 is 0 Å². The average molecular weight is 430 g/mol. The van der Waals surface area contributed by atoms with E-state index in [0.717, 1.165) is 35.7 Å². The van der Waals surface area contributed by atoms with Crippen LogP contribution in [0.1, 0.15) is 30.0 Å². The van der Waals surface area contributed by atoms with Crippen LogP contribution in [0.5, 0.6) is 5.75 Å². The van der Waals surface area contributed by atoms with E-state index >= 15 is 0 Å². The predicted octanol–water partition coefficient (Wildman–Crippen LogP) is 7.18. The van der Waals surface area contributed by atoms with Gasteiger partial charge in [0.15, 0.2) is 0 Å². The van der Waals surface area contributed by atoms with E-state index in [4.69, 9.17) is 16.3 Å². The highest BCUT2D eigenvalue weighted by Gasteiger charge is 2.11. The Kier molecular flexibility index (Phi) is 7.24. The number of hydrogen-bond acceptors (Lipinski definition) is 2. The Labute approximate surface area is 189 Å². The van der Waals surface area contributed by atoms with Crippen molar-refractivity contribution in [3.05, 3.63) is 113 Å². The van der Waals surface area contributed by atoms with Gasteiger partial charge in [0, 0.05) is 23.2 Å². The van der Waals surface area contributed by atoms with Crippen molar-refractivity contribution in [1.29, 1.82) is 0 Å². The van der Waals surface area contributed by atoms with Gasteiger partial charge in [0.2, 0.25) is 0 Å². The highest BCUT2D eigenvalue weighted by atomic mass is 35.5. The van der Waals surface area contributed by atoms with Crippen LogP contribution in [-0.2, 0) is 19.6 Å². The fourth-order valence-corrected chi connectivity index (χ4v) is 4.04. The maximum atomic E-state index is 6.25. The number of halogens is 1. The third kappa shape index (κ3) is 5.88. The molecule has 0 bridgehead atoms. The van der Waals surface area contributed by atoms with Gasteiger partial charge in [0.1, 0.15) is 12.4 Å². The summed E-state index contributed by atoms with van der Waals surface area (Å²) in [5.74, 6) is 0.918. The van der Waals surface area contributed by atoms with E-state index < -0.39 is 0 Å². The average Bonchev–Trinajstić information content (AvgIpc) is 2.81. The van der Waals surface area contributed by atoms with E-state index in [2.05, 4.69) is 79.0 Å². The molecule has 0 saturated carbocycles. The van der Waals surface area contributed by atoms with Crippen molar-refractivity contribution in [1.82, 2.24) is 5.32 Å². The van der Waals surface area contributed by atoms with Crippen LogP contribution >= 0.6 is 11.6 Å². The van der Waals surface area contributed by atoms with Crippen LogP contribution in [0.3, 0.4) is 0 Å². The zero-order valence-corrected chi connectivity index (χ0v) is 18.6. The topological polar surface area (TPSA) is 21.3 Å². The van der Waals surface area contributed by atoms with Crippen molar-refractivity contribution in [2.24, 2.45) is 0 Å². The molecule has 0 radical (unpaired) electrons. The summed E-state index contributed by atoms with van der Waals surface area (Å²) in [4.78, 5) is 0. The third-order valence-corrected chi connectivity index (χ3v) is 5.85. The van der Waals surface area contributed by atoms with Gasteiger partial charge in [-0.2, -0.15) is 0 Å². The number of rotatable bonds is 9. The van der Waals surface area contributed by atoms with Crippen molar-refractivity contribution >= 4 is 22.4 Å². The Morgan fingerprint density at radius 1 is 0.839 bits per heavy atom. The molecule has 3 heteroatoms. The lowest BCUT2D eigenvalue weighted by molar-refractivity contribution is 0.302. The Morgan fingerprint density at radius 3 is 2.45 bits per heavy atom.